The van der Waals surface area contributed by atoms with Gasteiger partial charge >= 0.3 is 0 Å². The number of hydrogen-bond donors (Lipinski definition) is 1. The Hall–Kier alpha value is -0.830. The zero-order valence-electron chi connectivity index (χ0n) is 11.0. The second-order valence-corrected chi connectivity index (χ2v) is 4.61. The van der Waals surface area contributed by atoms with E-state index >= 15 is 0 Å². The molecule has 0 amide bonds. The number of likely N-dealkylation sites (N-methyl/N-ethyl adjacent to an activating group) is 1. The van der Waals surface area contributed by atoms with E-state index in [1.807, 2.05) is 17.9 Å². The summed E-state index contributed by atoms with van der Waals surface area (Å²) in [6.45, 7) is 7.79. The van der Waals surface area contributed by atoms with Crippen LogP contribution in [0.5, 0.6) is 0 Å². The van der Waals surface area contributed by atoms with Crippen molar-refractivity contribution in [2.24, 2.45) is 13.0 Å². The predicted octanol–water partition coefficient (Wildman–Crippen LogP) is 2.38. The zero-order chi connectivity index (χ0) is 12.0. The highest BCUT2D eigenvalue weighted by molar-refractivity contribution is 5.01. The average Bonchev–Trinajstić information content (AvgIpc) is 2.64. The number of aryl methyl sites for hydroxylation is 1. The van der Waals surface area contributed by atoms with E-state index in [2.05, 4.69) is 37.3 Å². The Morgan fingerprint density at radius 2 is 2.19 bits per heavy atom. The lowest BCUT2D eigenvalue weighted by atomic mass is 9.93. The Bertz CT molecular complexity index is 293. The van der Waals surface area contributed by atoms with E-state index in [4.69, 9.17) is 0 Å². The van der Waals surface area contributed by atoms with Crippen LogP contribution in [0.25, 0.3) is 0 Å². The van der Waals surface area contributed by atoms with Crippen molar-refractivity contribution in [2.45, 2.75) is 46.1 Å². The van der Waals surface area contributed by atoms with E-state index in [1.54, 1.807) is 0 Å². The molecule has 0 saturated heterocycles. The molecule has 2 atom stereocenters. The van der Waals surface area contributed by atoms with E-state index in [1.165, 1.54) is 18.5 Å². The first-order chi connectivity index (χ1) is 7.67. The first kappa shape index (κ1) is 13.2. The largest absolute Gasteiger partial charge is 0.314 e. The van der Waals surface area contributed by atoms with Gasteiger partial charge in [0.05, 0.1) is 5.69 Å². The molecule has 0 aliphatic heterocycles. The molecule has 0 aliphatic rings. The quantitative estimate of drug-likeness (QED) is 0.769. The number of aromatic nitrogens is 2. The highest BCUT2D eigenvalue weighted by atomic mass is 15.2. The van der Waals surface area contributed by atoms with Gasteiger partial charge in [-0.2, -0.15) is 5.10 Å². The molecule has 1 aromatic heterocycles. The van der Waals surface area contributed by atoms with Gasteiger partial charge in [0.1, 0.15) is 0 Å². The van der Waals surface area contributed by atoms with E-state index in [0.29, 0.717) is 12.0 Å². The fourth-order valence-corrected chi connectivity index (χ4v) is 2.19. The summed E-state index contributed by atoms with van der Waals surface area (Å²) in [5.41, 5.74) is 1.19. The molecule has 92 valence electrons. The third-order valence-corrected chi connectivity index (χ3v) is 3.10. The van der Waals surface area contributed by atoms with Crippen molar-refractivity contribution in [2.75, 3.05) is 6.54 Å². The summed E-state index contributed by atoms with van der Waals surface area (Å²) < 4.78 is 1.88. The third-order valence-electron chi connectivity index (χ3n) is 3.10. The van der Waals surface area contributed by atoms with Crippen LogP contribution in [-0.4, -0.2) is 22.4 Å². The van der Waals surface area contributed by atoms with Crippen molar-refractivity contribution in [3.63, 3.8) is 0 Å². The van der Waals surface area contributed by atoms with Crippen molar-refractivity contribution in [1.82, 2.24) is 15.1 Å². The van der Waals surface area contributed by atoms with Gasteiger partial charge in [0, 0.05) is 25.7 Å². The molecular weight excluding hydrogens is 198 g/mol. The Labute approximate surface area is 99.2 Å². The Morgan fingerprint density at radius 3 is 2.69 bits per heavy atom. The number of rotatable bonds is 7. The van der Waals surface area contributed by atoms with Crippen molar-refractivity contribution in [1.29, 1.82) is 0 Å². The van der Waals surface area contributed by atoms with Gasteiger partial charge in [0.25, 0.3) is 0 Å². The van der Waals surface area contributed by atoms with Gasteiger partial charge in [-0.25, -0.2) is 0 Å². The minimum atomic E-state index is 0.555. The lowest BCUT2D eigenvalue weighted by molar-refractivity contribution is 0.355. The second-order valence-electron chi connectivity index (χ2n) is 4.61. The molecule has 1 aromatic rings. The molecule has 16 heavy (non-hydrogen) atoms. The number of nitrogens with zero attached hydrogens (tertiary/aromatic N) is 2. The summed E-state index contributed by atoms with van der Waals surface area (Å²) in [6.07, 6.45) is 5.59. The molecule has 0 aliphatic carbocycles. The summed E-state index contributed by atoms with van der Waals surface area (Å²) >= 11 is 0. The first-order valence-corrected chi connectivity index (χ1v) is 6.39. The Kier molecular flexibility index (Phi) is 5.53. The third kappa shape index (κ3) is 3.97. The monoisotopic (exact) mass is 223 g/mol. The standard InChI is InChI=1S/C13H25N3/c1-5-7-11(3)13(14-6-2)10-12-8-9-16(4)15-12/h8-9,11,13-14H,5-7,10H2,1-4H3. The van der Waals surface area contributed by atoms with Gasteiger partial charge in [0.2, 0.25) is 0 Å². The van der Waals surface area contributed by atoms with E-state index < -0.39 is 0 Å². The minimum Gasteiger partial charge on any atom is -0.314 e. The van der Waals surface area contributed by atoms with Gasteiger partial charge in [-0.1, -0.05) is 27.2 Å². The van der Waals surface area contributed by atoms with Gasteiger partial charge < -0.3 is 5.32 Å². The summed E-state index contributed by atoms with van der Waals surface area (Å²) in [4.78, 5) is 0. The summed E-state index contributed by atoms with van der Waals surface area (Å²) in [5.74, 6) is 0.715. The van der Waals surface area contributed by atoms with Crippen LogP contribution in [0.15, 0.2) is 12.3 Å². The van der Waals surface area contributed by atoms with Gasteiger partial charge in [0.15, 0.2) is 0 Å². The molecule has 1 rings (SSSR count). The van der Waals surface area contributed by atoms with Gasteiger partial charge in [-0.15, -0.1) is 0 Å². The molecule has 0 fully saturated rings. The van der Waals surface area contributed by atoms with Gasteiger partial charge in [-0.05, 0) is 24.9 Å². The maximum Gasteiger partial charge on any atom is 0.0640 e. The van der Waals surface area contributed by atoms with Crippen LogP contribution < -0.4 is 5.32 Å². The zero-order valence-corrected chi connectivity index (χ0v) is 11.0. The lowest BCUT2D eigenvalue weighted by Crippen LogP contribution is -2.36. The second kappa shape index (κ2) is 6.69. The Balaban J connectivity index is 2.56. The summed E-state index contributed by atoms with van der Waals surface area (Å²) in [7, 11) is 1.97. The highest BCUT2D eigenvalue weighted by Crippen LogP contribution is 2.14. The summed E-state index contributed by atoms with van der Waals surface area (Å²) in [6, 6.07) is 2.67. The van der Waals surface area contributed by atoms with Crippen LogP contribution in [-0.2, 0) is 13.5 Å². The van der Waals surface area contributed by atoms with Crippen molar-refractivity contribution >= 4 is 0 Å². The van der Waals surface area contributed by atoms with Crippen LogP contribution in [0.2, 0.25) is 0 Å². The van der Waals surface area contributed by atoms with E-state index in [9.17, 15) is 0 Å². The molecule has 1 heterocycles. The lowest BCUT2D eigenvalue weighted by Gasteiger charge is -2.23. The van der Waals surface area contributed by atoms with Crippen LogP contribution in [0.3, 0.4) is 0 Å². The molecule has 0 aromatic carbocycles. The first-order valence-electron chi connectivity index (χ1n) is 6.39. The van der Waals surface area contributed by atoms with Crippen molar-refractivity contribution in [3.05, 3.63) is 18.0 Å². The maximum absolute atomic E-state index is 4.45. The molecule has 3 nitrogen and oxygen atoms in total. The summed E-state index contributed by atoms with van der Waals surface area (Å²) in [5, 5.41) is 8.03. The van der Waals surface area contributed by atoms with E-state index in [0.717, 1.165) is 13.0 Å². The topological polar surface area (TPSA) is 29.9 Å². The van der Waals surface area contributed by atoms with Gasteiger partial charge in [-0.3, -0.25) is 4.68 Å². The normalized spacial score (nSPS) is 15.0. The molecule has 0 spiro atoms. The van der Waals surface area contributed by atoms with Crippen LogP contribution >= 0.6 is 0 Å². The van der Waals surface area contributed by atoms with E-state index in [-0.39, 0.29) is 0 Å². The maximum atomic E-state index is 4.45. The van der Waals surface area contributed by atoms with Crippen LogP contribution in [0, 0.1) is 5.92 Å². The van der Waals surface area contributed by atoms with Crippen molar-refractivity contribution in [3.8, 4) is 0 Å². The average molecular weight is 223 g/mol. The highest BCUT2D eigenvalue weighted by Gasteiger charge is 2.16. The fraction of sp³-hybridized carbons (Fsp3) is 0.769. The fourth-order valence-electron chi connectivity index (χ4n) is 2.19. The predicted molar refractivity (Wildman–Crippen MR) is 68.4 cm³/mol. The van der Waals surface area contributed by atoms with Crippen molar-refractivity contribution < 1.29 is 0 Å². The number of hydrogen-bond acceptors (Lipinski definition) is 2. The molecular formula is C13H25N3. The molecule has 0 bridgehead atoms. The molecule has 0 saturated carbocycles. The molecule has 2 unspecified atom stereocenters. The van der Waals surface area contributed by atoms with Crippen LogP contribution in [0.1, 0.15) is 39.3 Å². The molecule has 3 heteroatoms. The Morgan fingerprint density at radius 1 is 1.44 bits per heavy atom. The minimum absolute atomic E-state index is 0.555. The molecule has 1 N–H and O–H groups in total. The number of nitrogens with one attached hydrogen (secondary N) is 1. The smallest absolute Gasteiger partial charge is 0.0640 e. The SMILES string of the molecule is CCCC(C)C(Cc1ccn(C)n1)NCC. The molecule has 0 radical (unpaired) electrons. The van der Waals surface area contributed by atoms with Crippen LogP contribution in [0.4, 0.5) is 0 Å².